The zero-order valence-corrected chi connectivity index (χ0v) is 14.9. The average molecular weight is 360 g/mol. The van der Waals surface area contributed by atoms with Gasteiger partial charge in [-0.05, 0) is 30.5 Å². The van der Waals surface area contributed by atoms with E-state index in [-0.39, 0.29) is 30.1 Å². The number of halogens is 2. The number of hydrogen-bond donors (Lipinski definition) is 2. The van der Waals surface area contributed by atoms with Crippen LogP contribution in [0.3, 0.4) is 0 Å². The highest BCUT2D eigenvalue weighted by Crippen LogP contribution is 2.24. The fraction of sp³-hybridized carbons (Fsp3) is 0.500. The number of rotatable bonds is 5. The van der Waals surface area contributed by atoms with E-state index in [4.69, 9.17) is 17.3 Å². The second-order valence-electron chi connectivity index (χ2n) is 5.73. The van der Waals surface area contributed by atoms with Crippen molar-refractivity contribution in [2.24, 2.45) is 11.7 Å². The first-order chi connectivity index (χ1) is 10.4. The molecule has 128 valence electrons. The van der Waals surface area contributed by atoms with Gasteiger partial charge in [-0.3, -0.25) is 9.59 Å². The topological polar surface area (TPSA) is 75.4 Å². The van der Waals surface area contributed by atoms with E-state index in [1.165, 1.54) is 0 Å². The van der Waals surface area contributed by atoms with Gasteiger partial charge in [0.2, 0.25) is 11.8 Å². The van der Waals surface area contributed by atoms with Crippen LogP contribution in [0.5, 0.6) is 0 Å². The molecule has 23 heavy (non-hydrogen) atoms. The molecule has 1 fully saturated rings. The third-order valence-electron chi connectivity index (χ3n) is 4.20. The quantitative estimate of drug-likeness (QED) is 0.847. The zero-order valence-electron chi connectivity index (χ0n) is 13.3. The highest BCUT2D eigenvalue weighted by atomic mass is 35.5. The van der Waals surface area contributed by atoms with E-state index < -0.39 is 12.1 Å². The van der Waals surface area contributed by atoms with Crippen LogP contribution in [-0.4, -0.2) is 30.4 Å². The maximum atomic E-state index is 12.4. The van der Waals surface area contributed by atoms with Crippen LogP contribution in [0.1, 0.15) is 26.7 Å². The second-order valence-corrected chi connectivity index (χ2v) is 6.17. The highest BCUT2D eigenvalue weighted by molar-refractivity contribution is 6.31. The summed E-state index contributed by atoms with van der Waals surface area (Å²) in [6.07, 6.45) is 1.39. The number of benzene rings is 1. The molecule has 1 heterocycles. The van der Waals surface area contributed by atoms with Crippen LogP contribution in [0.25, 0.3) is 0 Å². The molecule has 1 aliphatic rings. The van der Waals surface area contributed by atoms with Crippen LogP contribution >= 0.6 is 24.0 Å². The van der Waals surface area contributed by atoms with Crippen molar-refractivity contribution in [1.82, 2.24) is 5.32 Å². The van der Waals surface area contributed by atoms with Gasteiger partial charge in [0, 0.05) is 17.3 Å². The van der Waals surface area contributed by atoms with Crippen molar-refractivity contribution in [3.05, 3.63) is 29.3 Å². The van der Waals surface area contributed by atoms with Gasteiger partial charge in [0.05, 0.1) is 6.04 Å². The molecule has 0 bridgehead atoms. The molecule has 1 aromatic carbocycles. The van der Waals surface area contributed by atoms with Crippen LogP contribution in [-0.2, 0) is 9.59 Å². The fourth-order valence-electron chi connectivity index (χ4n) is 2.49. The SMILES string of the molecule is CCC(C)C(N)C(=O)NC1CCN(c2cccc(Cl)c2)C1=O.Cl. The normalized spacial score (nSPS) is 19.9. The van der Waals surface area contributed by atoms with Gasteiger partial charge in [0.1, 0.15) is 6.04 Å². The van der Waals surface area contributed by atoms with Crippen molar-refractivity contribution in [2.75, 3.05) is 11.4 Å². The van der Waals surface area contributed by atoms with Gasteiger partial charge in [-0.15, -0.1) is 12.4 Å². The largest absolute Gasteiger partial charge is 0.343 e. The van der Waals surface area contributed by atoms with E-state index in [1.807, 2.05) is 19.9 Å². The Bertz CT molecular complexity index is 568. The van der Waals surface area contributed by atoms with E-state index in [0.29, 0.717) is 18.0 Å². The molecule has 0 spiro atoms. The monoisotopic (exact) mass is 359 g/mol. The van der Waals surface area contributed by atoms with Crippen LogP contribution in [0, 0.1) is 5.92 Å². The lowest BCUT2D eigenvalue weighted by Gasteiger charge is -2.21. The summed E-state index contributed by atoms with van der Waals surface area (Å²) in [6.45, 7) is 4.47. The van der Waals surface area contributed by atoms with E-state index in [0.717, 1.165) is 12.1 Å². The van der Waals surface area contributed by atoms with Gasteiger partial charge in [0.25, 0.3) is 0 Å². The summed E-state index contributed by atoms with van der Waals surface area (Å²) in [5.41, 5.74) is 6.66. The maximum Gasteiger partial charge on any atom is 0.249 e. The third-order valence-corrected chi connectivity index (χ3v) is 4.44. The van der Waals surface area contributed by atoms with Crippen LogP contribution in [0.4, 0.5) is 5.69 Å². The van der Waals surface area contributed by atoms with E-state index in [9.17, 15) is 9.59 Å². The Kier molecular flexibility index (Phi) is 7.32. The second kappa shape index (κ2) is 8.52. The molecule has 1 saturated heterocycles. The number of nitrogens with two attached hydrogens (primary N) is 1. The molecule has 3 unspecified atom stereocenters. The number of carbonyl (C=O) groups is 2. The first kappa shape index (κ1) is 19.7. The number of anilines is 1. The van der Waals surface area contributed by atoms with Crippen LogP contribution < -0.4 is 16.0 Å². The molecule has 3 N–H and O–H groups in total. The molecule has 0 radical (unpaired) electrons. The minimum Gasteiger partial charge on any atom is -0.343 e. The zero-order chi connectivity index (χ0) is 16.3. The van der Waals surface area contributed by atoms with Crippen molar-refractivity contribution in [3.8, 4) is 0 Å². The average Bonchev–Trinajstić information content (AvgIpc) is 2.86. The van der Waals surface area contributed by atoms with Crippen molar-refractivity contribution >= 4 is 41.5 Å². The molecule has 2 rings (SSSR count). The summed E-state index contributed by atoms with van der Waals surface area (Å²) in [4.78, 5) is 26.2. The molecule has 7 heteroatoms. The lowest BCUT2D eigenvalue weighted by atomic mass is 9.99. The summed E-state index contributed by atoms with van der Waals surface area (Å²) >= 11 is 5.96. The number of amides is 2. The fourth-order valence-corrected chi connectivity index (χ4v) is 2.68. The number of hydrogen-bond acceptors (Lipinski definition) is 3. The minimum absolute atomic E-state index is 0. The molecule has 1 aromatic rings. The molecule has 5 nitrogen and oxygen atoms in total. The Labute approximate surface area is 148 Å². The van der Waals surface area contributed by atoms with Crippen LogP contribution in [0.2, 0.25) is 5.02 Å². The number of nitrogens with one attached hydrogen (secondary N) is 1. The third kappa shape index (κ3) is 4.59. The minimum atomic E-state index is -0.585. The number of carbonyl (C=O) groups excluding carboxylic acids is 2. The Morgan fingerprint density at radius 3 is 2.83 bits per heavy atom. The Morgan fingerprint density at radius 2 is 2.22 bits per heavy atom. The van der Waals surface area contributed by atoms with E-state index in [2.05, 4.69) is 5.32 Å². The van der Waals surface area contributed by atoms with Gasteiger partial charge in [-0.2, -0.15) is 0 Å². The van der Waals surface area contributed by atoms with Gasteiger partial charge in [-0.25, -0.2) is 0 Å². The van der Waals surface area contributed by atoms with Gasteiger partial charge in [0.15, 0.2) is 0 Å². The summed E-state index contributed by atoms with van der Waals surface area (Å²) in [7, 11) is 0. The van der Waals surface area contributed by atoms with Crippen LogP contribution in [0.15, 0.2) is 24.3 Å². The summed E-state index contributed by atoms with van der Waals surface area (Å²) in [5, 5.41) is 3.35. The molecular weight excluding hydrogens is 337 g/mol. The Balaban J connectivity index is 0.00000264. The van der Waals surface area contributed by atoms with Crippen molar-refractivity contribution in [1.29, 1.82) is 0 Å². The standard InChI is InChI=1S/C16H22ClN3O2.ClH/c1-3-10(2)14(18)15(21)19-13-7-8-20(16(13)22)12-6-4-5-11(17)9-12;/h4-6,9-10,13-14H,3,7-8,18H2,1-2H3,(H,19,21);1H. The highest BCUT2D eigenvalue weighted by Gasteiger charge is 2.35. The molecule has 0 aromatic heterocycles. The molecular formula is C16H23Cl2N3O2. The molecule has 0 saturated carbocycles. The molecule has 0 aliphatic carbocycles. The Hall–Kier alpha value is -1.30. The lowest BCUT2D eigenvalue weighted by molar-refractivity contribution is -0.128. The molecule has 2 amide bonds. The summed E-state index contributed by atoms with van der Waals surface area (Å²) in [6, 6.07) is 6.04. The van der Waals surface area contributed by atoms with E-state index >= 15 is 0 Å². The molecule has 1 aliphatic heterocycles. The van der Waals surface area contributed by atoms with Crippen molar-refractivity contribution in [3.63, 3.8) is 0 Å². The maximum absolute atomic E-state index is 12.4. The van der Waals surface area contributed by atoms with Gasteiger partial charge >= 0.3 is 0 Å². The Morgan fingerprint density at radius 1 is 1.52 bits per heavy atom. The first-order valence-corrected chi connectivity index (χ1v) is 7.94. The van der Waals surface area contributed by atoms with Gasteiger partial charge in [-0.1, -0.05) is 37.9 Å². The predicted molar refractivity (Wildman–Crippen MR) is 95.0 cm³/mol. The van der Waals surface area contributed by atoms with Gasteiger partial charge < -0.3 is 16.0 Å². The van der Waals surface area contributed by atoms with Crippen molar-refractivity contribution < 1.29 is 9.59 Å². The lowest BCUT2D eigenvalue weighted by Crippen LogP contribution is -2.50. The number of nitrogens with zero attached hydrogens (tertiary/aromatic N) is 1. The molecule has 3 atom stereocenters. The first-order valence-electron chi connectivity index (χ1n) is 7.57. The predicted octanol–water partition coefficient (Wildman–Crippen LogP) is 2.36. The summed E-state index contributed by atoms with van der Waals surface area (Å²) in [5.74, 6) is -0.298. The van der Waals surface area contributed by atoms with Crippen molar-refractivity contribution in [2.45, 2.75) is 38.8 Å². The smallest absolute Gasteiger partial charge is 0.249 e. The summed E-state index contributed by atoms with van der Waals surface area (Å²) < 4.78 is 0. The van der Waals surface area contributed by atoms with E-state index in [1.54, 1.807) is 23.1 Å².